The molecule has 0 saturated heterocycles. The Bertz CT molecular complexity index is 838. The van der Waals surface area contributed by atoms with Gasteiger partial charge in [0.1, 0.15) is 11.3 Å². The number of hydrogen-bond acceptors (Lipinski definition) is 6. The summed E-state index contributed by atoms with van der Waals surface area (Å²) in [5.41, 5.74) is 5.88. The molecule has 1 heterocycles. The molecule has 0 bridgehead atoms. The number of thiocarbonyl (C=S) groups is 1. The van der Waals surface area contributed by atoms with Gasteiger partial charge in [0.15, 0.2) is 11.7 Å². The number of nitrogens with one attached hydrogen (secondary N) is 3. The van der Waals surface area contributed by atoms with E-state index in [9.17, 15) is 9.59 Å². The lowest BCUT2D eigenvalue weighted by Gasteiger charge is -2.12. The number of thioether (sulfide) groups is 1. The van der Waals surface area contributed by atoms with E-state index in [4.69, 9.17) is 21.4 Å². The largest absolute Gasteiger partial charge is 0.484 e. The summed E-state index contributed by atoms with van der Waals surface area (Å²) >= 11 is 6.81. The SMILES string of the molecule is CSCCCNC(=S)NNC(=O)COc1ccc2c(C)cc(=O)oc2c1. The van der Waals surface area contributed by atoms with Crippen molar-refractivity contribution in [1.29, 1.82) is 0 Å². The van der Waals surface area contributed by atoms with Crippen molar-refractivity contribution in [2.45, 2.75) is 13.3 Å². The van der Waals surface area contributed by atoms with Gasteiger partial charge in [-0.25, -0.2) is 4.79 Å². The molecular formula is C17H21N3O4S2. The number of hydrazine groups is 1. The number of hydrogen-bond donors (Lipinski definition) is 3. The number of carbonyl (C=O) groups excluding carboxylic acids is 1. The number of ether oxygens (including phenoxy) is 1. The first kappa shape index (κ1) is 20.1. The van der Waals surface area contributed by atoms with E-state index >= 15 is 0 Å². The Morgan fingerprint density at radius 3 is 2.88 bits per heavy atom. The molecule has 2 aromatic rings. The molecule has 0 spiro atoms. The van der Waals surface area contributed by atoms with Crippen LogP contribution in [0.5, 0.6) is 5.75 Å². The lowest BCUT2D eigenvalue weighted by atomic mass is 10.1. The molecule has 0 aliphatic carbocycles. The van der Waals surface area contributed by atoms with Crippen molar-refractivity contribution in [1.82, 2.24) is 16.2 Å². The van der Waals surface area contributed by atoms with E-state index in [0.29, 0.717) is 16.4 Å². The van der Waals surface area contributed by atoms with Crippen LogP contribution in [0.25, 0.3) is 11.0 Å². The highest BCUT2D eigenvalue weighted by Crippen LogP contribution is 2.22. The minimum Gasteiger partial charge on any atom is -0.484 e. The van der Waals surface area contributed by atoms with Crippen molar-refractivity contribution < 1.29 is 13.9 Å². The summed E-state index contributed by atoms with van der Waals surface area (Å²) < 4.78 is 10.6. The van der Waals surface area contributed by atoms with Crippen LogP contribution in [0, 0.1) is 6.92 Å². The molecule has 26 heavy (non-hydrogen) atoms. The minimum absolute atomic E-state index is 0.205. The molecule has 1 amide bonds. The fourth-order valence-electron chi connectivity index (χ4n) is 2.17. The number of aryl methyl sites for hydroxylation is 1. The summed E-state index contributed by atoms with van der Waals surface area (Å²) in [6.45, 7) is 2.36. The Kier molecular flexibility index (Phi) is 7.73. The Morgan fingerprint density at radius 1 is 1.31 bits per heavy atom. The molecular weight excluding hydrogens is 374 g/mol. The molecule has 2 rings (SSSR count). The predicted octanol–water partition coefficient (Wildman–Crippen LogP) is 1.73. The maximum absolute atomic E-state index is 11.8. The van der Waals surface area contributed by atoms with Crippen molar-refractivity contribution in [2.75, 3.05) is 25.2 Å². The first-order chi connectivity index (χ1) is 12.5. The summed E-state index contributed by atoms with van der Waals surface area (Å²) in [4.78, 5) is 23.2. The second-order valence-electron chi connectivity index (χ2n) is 5.47. The van der Waals surface area contributed by atoms with Crippen molar-refractivity contribution in [2.24, 2.45) is 0 Å². The monoisotopic (exact) mass is 395 g/mol. The van der Waals surface area contributed by atoms with Gasteiger partial charge in [-0.05, 0) is 55.3 Å². The third kappa shape index (κ3) is 6.23. The molecule has 0 aliphatic rings. The zero-order chi connectivity index (χ0) is 18.9. The summed E-state index contributed by atoms with van der Waals surface area (Å²) in [6.07, 6.45) is 3.03. The van der Waals surface area contributed by atoms with Gasteiger partial charge in [-0.15, -0.1) is 0 Å². The van der Waals surface area contributed by atoms with E-state index in [1.54, 1.807) is 30.0 Å². The molecule has 1 aromatic carbocycles. The number of carbonyl (C=O) groups is 1. The van der Waals surface area contributed by atoms with E-state index < -0.39 is 5.63 Å². The molecule has 1 aromatic heterocycles. The molecule has 0 saturated carbocycles. The normalized spacial score (nSPS) is 10.4. The van der Waals surface area contributed by atoms with Crippen molar-refractivity contribution in [3.63, 3.8) is 0 Å². The molecule has 0 atom stereocenters. The quantitative estimate of drug-likeness (QED) is 0.283. The summed E-state index contributed by atoms with van der Waals surface area (Å²) in [5, 5.41) is 4.16. The maximum atomic E-state index is 11.8. The Balaban J connectivity index is 1.79. The summed E-state index contributed by atoms with van der Waals surface area (Å²) in [7, 11) is 0. The average Bonchev–Trinajstić information content (AvgIpc) is 2.61. The van der Waals surface area contributed by atoms with Crippen LogP contribution in [0.15, 0.2) is 33.5 Å². The van der Waals surface area contributed by atoms with Gasteiger partial charge in [0.2, 0.25) is 0 Å². The van der Waals surface area contributed by atoms with E-state index in [1.807, 2.05) is 13.2 Å². The lowest BCUT2D eigenvalue weighted by molar-refractivity contribution is -0.123. The molecule has 0 fully saturated rings. The third-order valence-corrected chi connectivity index (χ3v) is 4.36. The van der Waals surface area contributed by atoms with Gasteiger partial charge in [0.25, 0.3) is 5.91 Å². The first-order valence-corrected chi connectivity index (χ1v) is 9.78. The highest BCUT2D eigenvalue weighted by atomic mass is 32.2. The van der Waals surface area contributed by atoms with Crippen LogP contribution in [0.1, 0.15) is 12.0 Å². The van der Waals surface area contributed by atoms with Gasteiger partial charge in [-0.1, -0.05) is 0 Å². The summed E-state index contributed by atoms with van der Waals surface area (Å²) in [5.74, 6) is 1.09. The predicted molar refractivity (Wildman–Crippen MR) is 108 cm³/mol. The van der Waals surface area contributed by atoms with Crippen LogP contribution in [-0.4, -0.2) is 36.2 Å². The standard InChI is InChI=1S/C17H21N3O4S2/c1-11-8-16(22)24-14-9-12(4-5-13(11)14)23-10-15(21)19-20-17(25)18-6-3-7-26-2/h4-5,8-9H,3,6-7,10H2,1-2H3,(H,19,21)(H2,18,20,25). The van der Waals surface area contributed by atoms with Crippen LogP contribution < -0.4 is 26.5 Å². The van der Waals surface area contributed by atoms with Gasteiger partial charge in [0.05, 0.1) is 0 Å². The molecule has 0 aliphatic heterocycles. The van der Waals surface area contributed by atoms with Crippen molar-refractivity contribution in [3.05, 3.63) is 40.2 Å². The molecule has 140 valence electrons. The molecule has 0 unspecified atom stereocenters. The van der Waals surface area contributed by atoms with Crippen LogP contribution in [0.3, 0.4) is 0 Å². The zero-order valence-electron chi connectivity index (χ0n) is 14.6. The number of rotatable bonds is 7. The third-order valence-electron chi connectivity index (χ3n) is 3.42. The second-order valence-corrected chi connectivity index (χ2v) is 6.86. The minimum atomic E-state index is -0.423. The zero-order valence-corrected chi connectivity index (χ0v) is 16.2. The van der Waals surface area contributed by atoms with Gasteiger partial charge < -0.3 is 14.5 Å². The van der Waals surface area contributed by atoms with Crippen molar-refractivity contribution >= 4 is 46.0 Å². The van der Waals surface area contributed by atoms with Crippen LogP contribution in [0.4, 0.5) is 0 Å². The van der Waals surface area contributed by atoms with Crippen LogP contribution >= 0.6 is 24.0 Å². The van der Waals surface area contributed by atoms with Crippen molar-refractivity contribution in [3.8, 4) is 5.75 Å². The van der Waals surface area contributed by atoms with E-state index in [0.717, 1.165) is 29.7 Å². The molecule has 3 N–H and O–H groups in total. The fourth-order valence-corrected chi connectivity index (χ4v) is 2.76. The lowest BCUT2D eigenvalue weighted by Crippen LogP contribution is -2.48. The van der Waals surface area contributed by atoms with E-state index in [2.05, 4.69) is 16.2 Å². The fraction of sp³-hybridized carbons (Fsp3) is 0.353. The Morgan fingerprint density at radius 2 is 2.12 bits per heavy atom. The Hall–Kier alpha value is -2.26. The highest BCUT2D eigenvalue weighted by molar-refractivity contribution is 7.98. The first-order valence-electron chi connectivity index (χ1n) is 7.98. The van der Waals surface area contributed by atoms with Gasteiger partial charge in [-0.3, -0.25) is 15.6 Å². The van der Waals surface area contributed by atoms with Gasteiger partial charge in [-0.2, -0.15) is 11.8 Å². The van der Waals surface area contributed by atoms with Gasteiger partial charge >= 0.3 is 5.63 Å². The number of amides is 1. The topological polar surface area (TPSA) is 92.6 Å². The second kappa shape index (κ2) is 10.0. The Labute approximate surface area is 160 Å². The molecule has 7 nitrogen and oxygen atoms in total. The molecule has 0 radical (unpaired) electrons. The highest BCUT2D eigenvalue weighted by Gasteiger charge is 2.07. The average molecular weight is 396 g/mol. The van der Waals surface area contributed by atoms with Crippen LogP contribution in [0.2, 0.25) is 0 Å². The summed E-state index contributed by atoms with van der Waals surface area (Å²) in [6, 6.07) is 6.52. The number of benzene rings is 1. The van der Waals surface area contributed by atoms with Gasteiger partial charge in [0, 0.05) is 24.1 Å². The van der Waals surface area contributed by atoms with Crippen LogP contribution in [-0.2, 0) is 4.79 Å². The molecule has 9 heteroatoms. The number of fused-ring (bicyclic) bond motifs is 1. The smallest absolute Gasteiger partial charge is 0.336 e. The van der Waals surface area contributed by atoms with E-state index in [1.165, 1.54) is 6.07 Å². The maximum Gasteiger partial charge on any atom is 0.336 e. The van der Waals surface area contributed by atoms with E-state index in [-0.39, 0.29) is 12.5 Å².